The maximum atomic E-state index is 2.43. The Balaban J connectivity index is 1.74. The summed E-state index contributed by atoms with van der Waals surface area (Å²) in [4.78, 5) is 0. The Morgan fingerprint density at radius 1 is 0.500 bits per heavy atom. The normalized spacial score (nSPS) is 12.4. The summed E-state index contributed by atoms with van der Waals surface area (Å²) in [5.41, 5.74) is 2.58. The average Bonchev–Trinajstić information content (AvgIpc) is 3.41. The molecule has 0 spiro atoms. The van der Waals surface area contributed by atoms with Crippen molar-refractivity contribution < 1.29 is 0 Å². The predicted octanol–water partition coefficient (Wildman–Crippen LogP) is 8.92. The Hall–Kier alpha value is -3.88. The summed E-state index contributed by atoms with van der Waals surface area (Å²) in [5.74, 6) is 0. The molecule has 2 heteroatoms. The first kappa shape index (κ1) is 16.8. The van der Waals surface area contributed by atoms with E-state index in [1.165, 1.54) is 68.9 Å². The second kappa shape index (κ2) is 5.87. The number of benzene rings is 5. The Kier molecular flexibility index (Phi) is 3.08. The topological polar surface area (TPSA) is 4.41 Å². The van der Waals surface area contributed by atoms with Crippen LogP contribution in [0, 0.1) is 0 Å². The van der Waals surface area contributed by atoms with E-state index >= 15 is 0 Å². The van der Waals surface area contributed by atoms with Crippen LogP contribution in [0.15, 0.2) is 103 Å². The first-order chi connectivity index (χ1) is 15.9. The van der Waals surface area contributed by atoms with Gasteiger partial charge in [0.15, 0.2) is 0 Å². The number of fused-ring (bicyclic) bond motifs is 13. The summed E-state index contributed by atoms with van der Waals surface area (Å²) in [5, 5.41) is 11.9. The van der Waals surface area contributed by atoms with Crippen LogP contribution in [0.1, 0.15) is 0 Å². The van der Waals surface area contributed by atoms with Crippen molar-refractivity contribution in [2.75, 3.05) is 0 Å². The molecule has 8 aromatic rings. The third kappa shape index (κ3) is 2.03. The van der Waals surface area contributed by atoms with Crippen LogP contribution in [-0.4, -0.2) is 4.40 Å². The van der Waals surface area contributed by atoms with E-state index in [1.807, 2.05) is 11.3 Å². The number of hydrogen-bond acceptors (Lipinski definition) is 1. The summed E-state index contributed by atoms with van der Waals surface area (Å²) < 4.78 is 5.13. The second-order valence-electron chi connectivity index (χ2n) is 8.61. The van der Waals surface area contributed by atoms with Crippen molar-refractivity contribution in [3.8, 4) is 0 Å². The van der Waals surface area contributed by atoms with Gasteiger partial charge >= 0.3 is 0 Å². The van der Waals surface area contributed by atoms with Crippen LogP contribution in [0.2, 0.25) is 0 Å². The van der Waals surface area contributed by atoms with Gasteiger partial charge in [0.05, 0.1) is 11.0 Å². The minimum Gasteiger partial charge on any atom is -0.315 e. The van der Waals surface area contributed by atoms with Crippen molar-refractivity contribution in [1.29, 1.82) is 0 Å². The molecule has 3 heterocycles. The highest BCUT2D eigenvalue weighted by atomic mass is 32.1. The highest BCUT2D eigenvalue weighted by molar-refractivity contribution is 7.25. The van der Waals surface area contributed by atoms with E-state index in [-0.39, 0.29) is 0 Å². The maximum Gasteiger partial charge on any atom is 0.0619 e. The molecule has 0 bridgehead atoms. The van der Waals surface area contributed by atoms with Gasteiger partial charge in [0.2, 0.25) is 0 Å². The molecular formula is C30H17NS. The average molecular weight is 424 g/mol. The van der Waals surface area contributed by atoms with E-state index in [1.54, 1.807) is 0 Å². The second-order valence-corrected chi connectivity index (χ2v) is 9.69. The van der Waals surface area contributed by atoms with Crippen LogP contribution in [-0.2, 0) is 0 Å². The Bertz CT molecular complexity index is 2040. The molecule has 0 N–H and O–H groups in total. The van der Waals surface area contributed by atoms with E-state index in [0.717, 1.165) is 0 Å². The molecule has 32 heavy (non-hydrogen) atoms. The van der Waals surface area contributed by atoms with E-state index in [0.29, 0.717) is 0 Å². The van der Waals surface area contributed by atoms with Crippen molar-refractivity contribution in [2.24, 2.45) is 0 Å². The molecule has 3 aromatic heterocycles. The molecule has 148 valence electrons. The van der Waals surface area contributed by atoms with Crippen molar-refractivity contribution in [3.05, 3.63) is 103 Å². The van der Waals surface area contributed by atoms with Crippen molar-refractivity contribution in [3.63, 3.8) is 0 Å². The Labute approximate surface area is 187 Å². The highest BCUT2D eigenvalue weighted by Gasteiger charge is 2.16. The van der Waals surface area contributed by atoms with Gasteiger partial charge in [-0.3, -0.25) is 0 Å². The van der Waals surface area contributed by atoms with Gasteiger partial charge in [0.1, 0.15) is 0 Å². The molecule has 1 nitrogen and oxygen atoms in total. The number of aromatic nitrogens is 1. The molecule has 0 aliphatic heterocycles. The molecule has 0 aliphatic rings. The lowest BCUT2D eigenvalue weighted by Crippen LogP contribution is -1.91. The first-order valence-corrected chi connectivity index (χ1v) is 11.8. The van der Waals surface area contributed by atoms with Crippen molar-refractivity contribution in [2.45, 2.75) is 0 Å². The van der Waals surface area contributed by atoms with E-state index in [2.05, 4.69) is 108 Å². The number of hydrogen-bond donors (Lipinski definition) is 0. The van der Waals surface area contributed by atoms with Crippen LogP contribution in [0.3, 0.4) is 0 Å². The molecule has 0 fully saturated rings. The van der Waals surface area contributed by atoms with Gasteiger partial charge in [0.25, 0.3) is 0 Å². The summed E-state index contributed by atoms with van der Waals surface area (Å²) in [7, 11) is 0. The lowest BCUT2D eigenvalue weighted by atomic mass is 9.97. The molecule has 0 amide bonds. The summed E-state index contributed by atoms with van der Waals surface area (Å²) in [6, 6.07) is 35.7. The summed E-state index contributed by atoms with van der Waals surface area (Å²) >= 11 is 1.89. The predicted molar refractivity (Wildman–Crippen MR) is 140 cm³/mol. The lowest BCUT2D eigenvalue weighted by molar-refractivity contribution is 1.30. The smallest absolute Gasteiger partial charge is 0.0619 e. The summed E-state index contributed by atoms with van der Waals surface area (Å²) in [6.07, 6.45) is 2.31. The van der Waals surface area contributed by atoms with Gasteiger partial charge in [-0.2, -0.15) is 0 Å². The molecule has 0 saturated heterocycles. The minimum atomic E-state index is 1.27. The van der Waals surface area contributed by atoms with Gasteiger partial charge in [-0.15, -0.1) is 11.3 Å². The number of rotatable bonds is 0. The van der Waals surface area contributed by atoms with Crippen molar-refractivity contribution in [1.82, 2.24) is 4.40 Å². The standard InChI is InChI=1S/C30H17NS/c1-3-9-20-18(7-1)13-14-23-24-16-28-25(22-11-5-6-12-27(22)32-28)15-26(24)31-17-19-8-2-4-10-21(19)30(31)29(20)23/h1-17H. The van der Waals surface area contributed by atoms with Gasteiger partial charge in [0, 0.05) is 47.9 Å². The van der Waals surface area contributed by atoms with Gasteiger partial charge in [-0.1, -0.05) is 78.9 Å². The van der Waals surface area contributed by atoms with Crippen LogP contribution < -0.4 is 0 Å². The fourth-order valence-corrected chi connectivity index (χ4v) is 6.66. The monoisotopic (exact) mass is 423 g/mol. The zero-order valence-electron chi connectivity index (χ0n) is 17.2. The molecule has 0 radical (unpaired) electrons. The van der Waals surface area contributed by atoms with Gasteiger partial charge < -0.3 is 4.40 Å². The molecule has 0 atom stereocenters. The lowest BCUT2D eigenvalue weighted by Gasteiger charge is -2.12. The largest absolute Gasteiger partial charge is 0.315 e. The first-order valence-electron chi connectivity index (χ1n) is 10.9. The Morgan fingerprint density at radius 3 is 2.16 bits per heavy atom. The number of pyridine rings is 1. The highest BCUT2D eigenvalue weighted by Crippen LogP contribution is 2.42. The summed E-state index contributed by atoms with van der Waals surface area (Å²) in [6.45, 7) is 0. The van der Waals surface area contributed by atoms with Gasteiger partial charge in [-0.05, 0) is 34.4 Å². The quantitative estimate of drug-likeness (QED) is 0.214. The zero-order valence-corrected chi connectivity index (χ0v) is 18.0. The van der Waals surface area contributed by atoms with Crippen LogP contribution in [0.5, 0.6) is 0 Å². The Morgan fingerprint density at radius 2 is 1.25 bits per heavy atom. The molecule has 0 unspecified atom stereocenters. The SMILES string of the molecule is c1ccc2c(c1)ccc1c3cc4sc5ccccc5c4cc3n3cc4ccccc4c3c21. The molecule has 0 saturated carbocycles. The third-order valence-corrected chi connectivity index (χ3v) is 8.07. The van der Waals surface area contributed by atoms with Gasteiger partial charge in [-0.25, -0.2) is 0 Å². The van der Waals surface area contributed by atoms with E-state index < -0.39 is 0 Å². The number of thiophene rings is 1. The van der Waals surface area contributed by atoms with E-state index in [4.69, 9.17) is 0 Å². The maximum absolute atomic E-state index is 2.43. The molecule has 0 aliphatic carbocycles. The van der Waals surface area contributed by atoms with Crippen LogP contribution in [0.4, 0.5) is 0 Å². The molecular weight excluding hydrogens is 406 g/mol. The van der Waals surface area contributed by atoms with Crippen LogP contribution >= 0.6 is 11.3 Å². The molecule has 8 rings (SSSR count). The zero-order chi connectivity index (χ0) is 20.8. The molecule has 5 aromatic carbocycles. The third-order valence-electron chi connectivity index (χ3n) is 6.94. The fraction of sp³-hybridized carbons (Fsp3) is 0. The number of nitrogens with zero attached hydrogens (tertiary/aromatic N) is 1. The minimum absolute atomic E-state index is 1.27. The van der Waals surface area contributed by atoms with Crippen LogP contribution in [0.25, 0.3) is 68.9 Å². The van der Waals surface area contributed by atoms with Crippen molar-refractivity contribution >= 4 is 80.2 Å². The van der Waals surface area contributed by atoms with E-state index in [9.17, 15) is 0 Å². The fourth-order valence-electron chi connectivity index (χ4n) is 5.53.